The van der Waals surface area contributed by atoms with E-state index >= 15 is 0 Å². The van der Waals surface area contributed by atoms with E-state index in [0.717, 1.165) is 6.42 Å². The quantitative estimate of drug-likeness (QED) is 0.454. The first-order chi connectivity index (χ1) is 4.16. The van der Waals surface area contributed by atoms with Crippen LogP contribution < -0.4 is 11.1 Å². The largest absolute Gasteiger partial charge is 0.376 e. The van der Waals surface area contributed by atoms with Crippen LogP contribution in [0.4, 0.5) is 0 Å². The van der Waals surface area contributed by atoms with E-state index in [1.807, 2.05) is 13.0 Å². The van der Waals surface area contributed by atoms with Gasteiger partial charge in [0.05, 0.1) is 0 Å². The zero-order valence-corrected chi connectivity index (χ0v) is 6.37. The first-order valence-corrected chi connectivity index (χ1v) is 3.24. The van der Waals surface area contributed by atoms with Crippen LogP contribution in [0.2, 0.25) is 0 Å². The van der Waals surface area contributed by atoms with Gasteiger partial charge in [-0.15, -0.1) is 6.58 Å². The van der Waals surface area contributed by atoms with Gasteiger partial charge in [0.15, 0.2) is 5.11 Å². The molecule has 0 aromatic carbocycles. The van der Waals surface area contributed by atoms with Crippen LogP contribution in [0.15, 0.2) is 12.7 Å². The molecule has 0 amide bonds. The molecule has 0 spiro atoms. The molecule has 0 rings (SSSR count). The Bertz CT molecular complexity index is 112. The molecular weight excluding hydrogens is 132 g/mol. The van der Waals surface area contributed by atoms with Crippen molar-refractivity contribution >= 4 is 17.3 Å². The molecule has 1 unspecified atom stereocenters. The number of hydrogen-bond donors (Lipinski definition) is 2. The summed E-state index contributed by atoms with van der Waals surface area (Å²) in [5, 5.41) is 3.23. The highest BCUT2D eigenvalue weighted by atomic mass is 32.1. The number of thiocarbonyl (C=S) groups is 1. The summed E-state index contributed by atoms with van der Waals surface area (Å²) in [6.45, 7) is 5.58. The summed E-state index contributed by atoms with van der Waals surface area (Å²) in [6, 6.07) is 0.306. The van der Waals surface area contributed by atoms with E-state index in [0.29, 0.717) is 11.2 Å². The second kappa shape index (κ2) is 4.32. The molecule has 0 bridgehead atoms. The lowest BCUT2D eigenvalue weighted by atomic mass is 10.2. The minimum absolute atomic E-state index is 0.306. The Kier molecular flexibility index (Phi) is 4.05. The summed E-state index contributed by atoms with van der Waals surface area (Å²) in [7, 11) is 0. The topological polar surface area (TPSA) is 38.0 Å². The van der Waals surface area contributed by atoms with Gasteiger partial charge in [0.1, 0.15) is 0 Å². The number of nitrogens with two attached hydrogens (primary N) is 1. The molecule has 0 saturated carbocycles. The first-order valence-electron chi connectivity index (χ1n) is 2.83. The van der Waals surface area contributed by atoms with Gasteiger partial charge in [-0.25, -0.2) is 0 Å². The monoisotopic (exact) mass is 144 g/mol. The van der Waals surface area contributed by atoms with Crippen LogP contribution in [0.5, 0.6) is 0 Å². The van der Waals surface area contributed by atoms with E-state index in [1.165, 1.54) is 0 Å². The zero-order valence-electron chi connectivity index (χ0n) is 5.55. The fraction of sp³-hybridized carbons (Fsp3) is 0.500. The maximum atomic E-state index is 5.21. The zero-order chi connectivity index (χ0) is 7.28. The van der Waals surface area contributed by atoms with E-state index < -0.39 is 0 Å². The molecule has 0 aromatic rings. The summed E-state index contributed by atoms with van der Waals surface area (Å²) < 4.78 is 0. The van der Waals surface area contributed by atoms with E-state index in [9.17, 15) is 0 Å². The maximum absolute atomic E-state index is 5.21. The number of rotatable bonds is 3. The van der Waals surface area contributed by atoms with Gasteiger partial charge >= 0.3 is 0 Å². The van der Waals surface area contributed by atoms with Gasteiger partial charge in [-0.2, -0.15) is 0 Å². The van der Waals surface area contributed by atoms with Gasteiger partial charge in [-0.1, -0.05) is 6.08 Å². The Balaban J connectivity index is 3.37. The van der Waals surface area contributed by atoms with Crippen LogP contribution in [0.25, 0.3) is 0 Å². The Morgan fingerprint density at radius 3 is 2.89 bits per heavy atom. The third-order valence-corrected chi connectivity index (χ3v) is 1.03. The summed E-state index contributed by atoms with van der Waals surface area (Å²) in [4.78, 5) is 0. The van der Waals surface area contributed by atoms with Crippen molar-refractivity contribution in [2.45, 2.75) is 19.4 Å². The van der Waals surface area contributed by atoms with Crippen molar-refractivity contribution in [3.63, 3.8) is 0 Å². The molecule has 0 heterocycles. The van der Waals surface area contributed by atoms with Crippen molar-refractivity contribution in [1.82, 2.24) is 5.32 Å². The summed E-state index contributed by atoms with van der Waals surface area (Å²) in [5.41, 5.74) is 5.21. The standard InChI is InChI=1S/C6H12N2S/c1-3-4-5(2)8-6(7)9/h3,5H,1,4H2,2H3,(H3,7,8,9). The Morgan fingerprint density at radius 2 is 2.56 bits per heavy atom. The Hall–Kier alpha value is -0.570. The SMILES string of the molecule is C=CCC(C)NC(N)=S. The Morgan fingerprint density at radius 1 is 2.00 bits per heavy atom. The molecule has 0 saturated heterocycles. The van der Waals surface area contributed by atoms with Gasteiger partial charge in [0.2, 0.25) is 0 Å². The number of nitrogens with one attached hydrogen (secondary N) is 1. The van der Waals surface area contributed by atoms with E-state index in [1.54, 1.807) is 0 Å². The maximum Gasteiger partial charge on any atom is 0.163 e. The van der Waals surface area contributed by atoms with Crippen molar-refractivity contribution in [3.8, 4) is 0 Å². The summed E-state index contributed by atoms with van der Waals surface area (Å²) in [6.07, 6.45) is 2.72. The van der Waals surface area contributed by atoms with Crippen molar-refractivity contribution < 1.29 is 0 Å². The molecule has 1 atom stereocenters. The third-order valence-electron chi connectivity index (χ3n) is 0.909. The molecule has 52 valence electrons. The highest BCUT2D eigenvalue weighted by molar-refractivity contribution is 7.80. The predicted molar refractivity (Wildman–Crippen MR) is 44.2 cm³/mol. The third kappa shape index (κ3) is 5.30. The molecule has 0 fully saturated rings. The highest BCUT2D eigenvalue weighted by Crippen LogP contribution is 1.88. The lowest BCUT2D eigenvalue weighted by Gasteiger charge is -2.09. The van der Waals surface area contributed by atoms with Crippen LogP contribution in [0.3, 0.4) is 0 Å². The lowest BCUT2D eigenvalue weighted by Crippen LogP contribution is -2.36. The molecule has 0 aliphatic heterocycles. The van der Waals surface area contributed by atoms with Crippen LogP contribution in [0.1, 0.15) is 13.3 Å². The van der Waals surface area contributed by atoms with Crippen molar-refractivity contribution in [2.75, 3.05) is 0 Å². The van der Waals surface area contributed by atoms with Crippen LogP contribution in [-0.2, 0) is 0 Å². The van der Waals surface area contributed by atoms with Gasteiger partial charge in [-0.05, 0) is 25.6 Å². The van der Waals surface area contributed by atoms with Gasteiger partial charge in [0.25, 0.3) is 0 Å². The smallest absolute Gasteiger partial charge is 0.163 e. The van der Waals surface area contributed by atoms with Gasteiger partial charge < -0.3 is 11.1 Å². The second-order valence-electron chi connectivity index (χ2n) is 1.93. The second-order valence-corrected chi connectivity index (χ2v) is 2.37. The molecule has 2 nitrogen and oxygen atoms in total. The van der Waals surface area contributed by atoms with E-state index in [-0.39, 0.29) is 0 Å². The minimum atomic E-state index is 0.306. The van der Waals surface area contributed by atoms with Crippen molar-refractivity contribution in [3.05, 3.63) is 12.7 Å². The molecule has 0 aromatic heterocycles. The molecule has 3 heteroatoms. The normalized spacial score (nSPS) is 12.1. The summed E-state index contributed by atoms with van der Waals surface area (Å²) in [5.74, 6) is 0. The average molecular weight is 144 g/mol. The van der Waals surface area contributed by atoms with Crippen LogP contribution in [0, 0.1) is 0 Å². The molecule has 9 heavy (non-hydrogen) atoms. The molecule has 0 radical (unpaired) electrons. The van der Waals surface area contributed by atoms with Crippen molar-refractivity contribution in [2.24, 2.45) is 5.73 Å². The van der Waals surface area contributed by atoms with Crippen molar-refractivity contribution in [1.29, 1.82) is 0 Å². The van der Waals surface area contributed by atoms with E-state index in [2.05, 4.69) is 24.1 Å². The van der Waals surface area contributed by atoms with Gasteiger partial charge in [-0.3, -0.25) is 0 Å². The minimum Gasteiger partial charge on any atom is -0.376 e. The highest BCUT2D eigenvalue weighted by Gasteiger charge is 1.95. The predicted octanol–water partition coefficient (Wildman–Crippen LogP) is 0.784. The van der Waals surface area contributed by atoms with Crippen LogP contribution >= 0.6 is 12.2 Å². The van der Waals surface area contributed by atoms with Crippen LogP contribution in [-0.4, -0.2) is 11.2 Å². The Labute approximate surface area is 61.1 Å². The first kappa shape index (κ1) is 8.43. The van der Waals surface area contributed by atoms with E-state index in [4.69, 9.17) is 5.73 Å². The molecule has 0 aliphatic rings. The lowest BCUT2D eigenvalue weighted by molar-refractivity contribution is 0.677. The molecular formula is C6H12N2S. The fourth-order valence-corrected chi connectivity index (χ4v) is 0.753. The number of hydrogen-bond acceptors (Lipinski definition) is 1. The fourth-order valence-electron chi connectivity index (χ4n) is 0.552. The van der Waals surface area contributed by atoms with Gasteiger partial charge in [0, 0.05) is 6.04 Å². The molecule has 0 aliphatic carbocycles. The average Bonchev–Trinajstić information content (AvgIpc) is 1.63. The molecule has 3 N–H and O–H groups in total. The summed E-state index contributed by atoms with van der Waals surface area (Å²) >= 11 is 4.62.